The third-order valence-corrected chi connectivity index (χ3v) is 4.46. The van der Waals surface area contributed by atoms with Crippen molar-refractivity contribution in [2.75, 3.05) is 6.54 Å². The monoisotopic (exact) mass is 345 g/mol. The molecule has 0 spiro atoms. The number of halogens is 1. The summed E-state index contributed by atoms with van der Waals surface area (Å²) in [5, 5.41) is 5.87. The fourth-order valence-electron chi connectivity index (χ4n) is 2.84. The van der Waals surface area contributed by atoms with Crippen LogP contribution in [0.5, 0.6) is 0 Å². The highest BCUT2D eigenvalue weighted by Gasteiger charge is 2.20. The van der Waals surface area contributed by atoms with Crippen LogP contribution in [0.25, 0.3) is 0 Å². The Bertz CT molecular complexity index is 640. The SMILES string of the molecule is CC(C)[C@@H]([NH2+]CC(=O)N[C@H](C)c1ccc(Cl)cc1)c1ccccc1. The van der Waals surface area contributed by atoms with E-state index in [0.717, 1.165) is 5.56 Å². The summed E-state index contributed by atoms with van der Waals surface area (Å²) in [7, 11) is 0. The van der Waals surface area contributed by atoms with E-state index in [1.807, 2.05) is 49.4 Å². The van der Waals surface area contributed by atoms with Crippen LogP contribution in [-0.2, 0) is 4.79 Å². The first kappa shape index (κ1) is 18.5. The molecule has 2 atom stereocenters. The van der Waals surface area contributed by atoms with E-state index < -0.39 is 0 Å². The fourth-order valence-corrected chi connectivity index (χ4v) is 2.96. The van der Waals surface area contributed by atoms with Gasteiger partial charge in [0.1, 0.15) is 6.04 Å². The quantitative estimate of drug-likeness (QED) is 0.793. The van der Waals surface area contributed by atoms with Gasteiger partial charge in [-0.15, -0.1) is 0 Å². The number of rotatable bonds is 7. The zero-order chi connectivity index (χ0) is 17.5. The second kappa shape index (κ2) is 8.86. The van der Waals surface area contributed by atoms with Crippen LogP contribution in [0.15, 0.2) is 54.6 Å². The van der Waals surface area contributed by atoms with Crippen LogP contribution in [-0.4, -0.2) is 12.5 Å². The van der Waals surface area contributed by atoms with Gasteiger partial charge >= 0.3 is 0 Å². The molecule has 24 heavy (non-hydrogen) atoms. The summed E-state index contributed by atoms with van der Waals surface area (Å²) < 4.78 is 0. The molecule has 0 aliphatic heterocycles. The van der Waals surface area contributed by atoms with Gasteiger partial charge in [0.15, 0.2) is 6.54 Å². The maximum absolute atomic E-state index is 12.3. The van der Waals surface area contributed by atoms with Gasteiger partial charge in [-0.1, -0.05) is 67.9 Å². The van der Waals surface area contributed by atoms with Crippen molar-refractivity contribution in [1.82, 2.24) is 5.32 Å². The number of benzene rings is 2. The molecule has 2 rings (SSSR count). The topological polar surface area (TPSA) is 45.7 Å². The number of nitrogens with two attached hydrogens (primary N) is 1. The highest BCUT2D eigenvalue weighted by atomic mass is 35.5. The zero-order valence-corrected chi connectivity index (χ0v) is 15.3. The third kappa shape index (κ3) is 5.36. The van der Waals surface area contributed by atoms with Crippen molar-refractivity contribution >= 4 is 17.5 Å². The number of quaternary nitrogens is 1. The highest BCUT2D eigenvalue weighted by molar-refractivity contribution is 6.30. The molecule has 3 N–H and O–H groups in total. The smallest absolute Gasteiger partial charge is 0.275 e. The molecule has 0 radical (unpaired) electrons. The Balaban J connectivity index is 1.90. The summed E-state index contributed by atoms with van der Waals surface area (Å²) in [5.74, 6) is 0.493. The number of hydrogen-bond acceptors (Lipinski definition) is 1. The molecule has 0 aliphatic carbocycles. The lowest BCUT2D eigenvalue weighted by Gasteiger charge is -2.20. The Morgan fingerprint density at radius 3 is 2.21 bits per heavy atom. The molecule has 2 aromatic carbocycles. The van der Waals surface area contributed by atoms with Crippen LogP contribution in [0.4, 0.5) is 0 Å². The standard InChI is InChI=1S/C20H25ClN2O/c1-14(2)20(17-7-5-4-6-8-17)22-13-19(24)23-15(3)16-9-11-18(21)12-10-16/h4-12,14-15,20,22H,13H2,1-3H3,(H,23,24)/p+1/t15-,20-/m1/s1. The van der Waals surface area contributed by atoms with Crippen molar-refractivity contribution in [2.45, 2.75) is 32.9 Å². The first-order chi connectivity index (χ1) is 11.5. The minimum Gasteiger partial charge on any atom is -0.345 e. The predicted molar refractivity (Wildman–Crippen MR) is 98.8 cm³/mol. The van der Waals surface area contributed by atoms with Crippen LogP contribution in [0.1, 0.15) is 44.0 Å². The summed E-state index contributed by atoms with van der Waals surface area (Å²) in [6, 6.07) is 18.2. The molecule has 0 aromatic heterocycles. The van der Waals surface area contributed by atoms with Gasteiger partial charge in [-0.2, -0.15) is 0 Å². The van der Waals surface area contributed by atoms with Gasteiger partial charge in [-0.3, -0.25) is 4.79 Å². The molecule has 0 saturated heterocycles. The Morgan fingerprint density at radius 2 is 1.62 bits per heavy atom. The fraction of sp³-hybridized carbons (Fsp3) is 0.350. The summed E-state index contributed by atoms with van der Waals surface area (Å²) >= 11 is 5.90. The summed E-state index contributed by atoms with van der Waals surface area (Å²) in [5.41, 5.74) is 2.31. The Labute approximate surface area is 149 Å². The number of carbonyl (C=O) groups is 1. The Hall–Kier alpha value is -1.84. The van der Waals surface area contributed by atoms with Crippen LogP contribution >= 0.6 is 11.6 Å². The lowest BCUT2D eigenvalue weighted by molar-refractivity contribution is -0.692. The molecule has 0 unspecified atom stereocenters. The molecule has 4 heteroatoms. The third-order valence-electron chi connectivity index (χ3n) is 4.21. The molecule has 0 aliphatic rings. The molecule has 0 heterocycles. The van der Waals surface area contributed by atoms with Crippen LogP contribution in [0, 0.1) is 5.92 Å². The maximum Gasteiger partial charge on any atom is 0.275 e. The number of carbonyl (C=O) groups excluding carboxylic acids is 1. The second-order valence-corrected chi connectivity index (χ2v) is 6.90. The minimum atomic E-state index is -0.0302. The predicted octanol–water partition coefficient (Wildman–Crippen LogP) is 3.48. The number of hydrogen-bond donors (Lipinski definition) is 2. The van der Waals surface area contributed by atoms with Gasteiger partial charge in [-0.25, -0.2) is 0 Å². The van der Waals surface area contributed by atoms with Crippen molar-refractivity contribution < 1.29 is 10.1 Å². The number of amides is 1. The van der Waals surface area contributed by atoms with Gasteiger partial charge in [-0.05, 0) is 24.6 Å². The van der Waals surface area contributed by atoms with E-state index in [9.17, 15) is 4.79 Å². The van der Waals surface area contributed by atoms with E-state index in [2.05, 4.69) is 36.6 Å². The molecule has 128 valence electrons. The largest absolute Gasteiger partial charge is 0.345 e. The molecular formula is C20H26ClN2O+. The Morgan fingerprint density at radius 1 is 1.00 bits per heavy atom. The van der Waals surface area contributed by atoms with Crippen molar-refractivity contribution in [3.05, 3.63) is 70.7 Å². The summed E-state index contributed by atoms with van der Waals surface area (Å²) in [4.78, 5) is 12.3. The van der Waals surface area contributed by atoms with E-state index in [-0.39, 0.29) is 18.0 Å². The van der Waals surface area contributed by atoms with Crippen LogP contribution in [0.3, 0.4) is 0 Å². The van der Waals surface area contributed by atoms with E-state index in [1.54, 1.807) is 0 Å². The Kier molecular flexibility index (Phi) is 6.83. The first-order valence-corrected chi connectivity index (χ1v) is 8.78. The average molecular weight is 346 g/mol. The minimum absolute atomic E-state index is 0.0302. The van der Waals surface area contributed by atoms with Gasteiger partial charge in [0.25, 0.3) is 5.91 Å². The van der Waals surface area contributed by atoms with E-state index in [4.69, 9.17) is 11.6 Å². The van der Waals surface area contributed by atoms with Crippen molar-refractivity contribution in [3.63, 3.8) is 0 Å². The van der Waals surface area contributed by atoms with Crippen molar-refractivity contribution in [1.29, 1.82) is 0 Å². The first-order valence-electron chi connectivity index (χ1n) is 8.40. The van der Waals surface area contributed by atoms with E-state index in [1.165, 1.54) is 5.56 Å². The molecule has 0 saturated carbocycles. The molecule has 1 amide bonds. The second-order valence-electron chi connectivity index (χ2n) is 6.46. The normalized spacial score (nSPS) is 13.5. The average Bonchev–Trinajstić information content (AvgIpc) is 2.56. The van der Waals surface area contributed by atoms with Crippen molar-refractivity contribution in [3.8, 4) is 0 Å². The van der Waals surface area contributed by atoms with Crippen molar-refractivity contribution in [2.24, 2.45) is 5.92 Å². The van der Waals surface area contributed by atoms with Gasteiger partial charge in [0.2, 0.25) is 0 Å². The van der Waals surface area contributed by atoms with E-state index >= 15 is 0 Å². The van der Waals surface area contributed by atoms with Gasteiger partial charge in [0.05, 0.1) is 6.04 Å². The lowest BCUT2D eigenvalue weighted by Crippen LogP contribution is -2.88. The number of nitrogens with one attached hydrogen (secondary N) is 1. The van der Waals surface area contributed by atoms with E-state index in [0.29, 0.717) is 17.5 Å². The highest BCUT2D eigenvalue weighted by Crippen LogP contribution is 2.17. The molecule has 0 bridgehead atoms. The van der Waals surface area contributed by atoms with Gasteiger partial charge < -0.3 is 10.6 Å². The van der Waals surface area contributed by atoms with Crippen LogP contribution < -0.4 is 10.6 Å². The van der Waals surface area contributed by atoms with Gasteiger partial charge in [0, 0.05) is 16.5 Å². The molecule has 0 fully saturated rings. The molecule has 3 nitrogen and oxygen atoms in total. The summed E-state index contributed by atoms with van der Waals surface area (Å²) in [6.07, 6.45) is 0. The lowest BCUT2D eigenvalue weighted by atomic mass is 9.96. The zero-order valence-electron chi connectivity index (χ0n) is 14.5. The molecule has 2 aromatic rings. The van der Waals surface area contributed by atoms with Crippen LogP contribution in [0.2, 0.25) is 5.02 Å². The maximum atomic E-state index is 12.3. The molecular weight excluding hydrogens is 320 g/mol. The summed E-state index contributed by atoms with van der Waals surface area (Å²) in [6.45, 7) is 6.76.